The summed E-state index contributed by atoms with van der Waals surface area (Å²) >= 11 is 3.68. The molecule has 16 heavy (non-hydrogen) atoms. The fourth-order valence-corrected chi connectivity index (χ4v) is 3.06. The molecule has 0 fully saturated rings. The van der Waals surface area contributed by atoms with E-state index in [2.05, 4.69) is 63.3 Å². The third-order valence-corrected chi connectivity index (χ3v) is 3.81. The maximum Gasteiger partial charge on any atom is 0.0460 e. The lowest BCUT2D eigenvalue weighted by molar-refractivity contribution is 0.437. The first kappa shape index (κ1) is 10.1. The molecule has 0 bridgehead atoms. The summed E-state index contributed by atoms with van der Waals surface area (Å²) in [4.78, 5) is 5.63. The molecule has 0 atom stereocenters. The van der Waals surface area contributed by atoms with Gasteiger partial charge >= 0.3 is 0 Å². The van der Waals surface area contributed by atoms with Crippen LogP contribution in [-0.4, -0.2) is 30.0 Å². The van der Waals surface area contributed by atoms with Crippen molar-refractivity contribution < 1.29 is 0 Å². The Morgan fingerprint density at radius 1 is 1.25 bits per heavy atom. The molecule has 0 radical (unpaired) electrons. The second-order valence-corrected chi connectivity index (χ2v) is 5.26. The van der Waals surface area contributed by atoms with Crippen molar-refractivity contribution in [1.82, 2.24) is 9.88 Å². The number of aromatic amines is 1. The molecule has 0 saturated heterocycles. The first-order chi connectivity index (χ1) is 7.75. The Hall–Kier alpha value is -1.06. The lowest BCUT2D eigenvalue weighted by Crippen LogP contribution is -2.13. The van der Waals surface area contributed by atoms with Crippen LogP contribution in [0.2, 0.25) is 0 Å². The van der Waals surface area contributed by atoms with Gasteiger partial charge in [0.15, 0.2) is 0 Å². The Morgan fingerprint density at radius 3 is 2.81 bits per heavy atom. The molecule has 3 heteroatoms. The number of aromatic nitrogens is 1. The molecule has 1 aromatic carbocycles. The number of fused-ring (bicyclic) bond motifs is 1. The number of para-hydroxylation sites is 1. The van der Waals surface area contributed by atoms with E-state index < -0.39 is 0 Å². The summed E-state index contributed by atoms with van der Waals surface area (Å²) in [6.45, 7) is 2.03. The van der Waals surface area contributed by atoms with Crippen LogP contribution < -0.4 is 0 Å². The minimum atomic E-state index is 1.01. The van der Waals surface area contributed by atoms with E-state index in [1.54, 1.807) is 0 Å². The van der Waals surface area contributed by atoms with Crippen LogP contribution in [0, 0.1) is 0 Å². The molecule has 2 nitrogen and oxygen atoms in total. The van der Waals surface area contributed by atoms with Crippen molar-refractivity contribution >= 4 is 32.4 Å². The molecule has 1 aromatic heterocycles. The minimum Gasteiger partial charge on any atom is -0.361 e. The highest BCUT2D eigenvalue weighted by atomic mass is 79.9. The SMILES string of the molecule is CN1CC(Br)=C(c2c[nH]c3ccccc23)C1. The summed E-state index contributed by atoms with van der Waals surface area (Å²) in [5.41, 5.74) is 3.94. The Kier molecular flexibility index (Phi) is 2.37. The van der Waals surface area contributed by atoms with Gasteiger partial charge < -0.3 is 4.98 Å². The third-order valence-electron chi connectivity index (χ3n) is 3.08. The van der Waals surface area contributed by atoms with Crippen molar-refractivity contribution in [1.29, 1.82) is 0 Å². The average Bonchev–Trinajstić information content (AvgIpc) is 2.81. The van der Waals surface area contributed by atoms with E-state index >= 15 is 0 Å². The van der Waals surface area contributed by atoms with Crippen LogP contribution in [0.4, 0.5) is 0 Å². The van der Waals surface area contributed by atoms with Gasteiger partial charge in [0, 0.05) is 40.2 Å². The molecule has 2 aromatic rings. The molecule has 0 spiro atoms. The number of rotatable bonds is 1. The Balaban J connectivity index is 2.17. The Morgan fingerprint density at radius 2 is 2.06 bits per heavy atom. The van der Waals surface area contributed by atoms with E-state index in [4.69, 9.17) is 0 Å². The molecule has 82 valence electrons. The minimum absolute atomic E-state index is 1.01. The second kappa shape index (κ2) is 3.75. The average molecular weight is 277 g/mol. The van der Waals surface area contributed by atoms with Crippen molar-refractivity contribution in [3.63, 3.8) is 0 Å². The van der Waals surface area contributed by atoms with Crippen LogP contribution in [-0.2, 0) is 0 Å². The van der Waals surface area contributed by atoms with Crippen LogP contribution in [0.15, 0.2) is 34.9 Å². The van der Waals surface area contributed by atoms with Crippen molar-refractivity contribution in [2.75, 3.05) is 20.1 Å². The number of hydrogen-bond acceptors (Lipinski definition) is 1. The zero-order valence-corrected chi connectivity index (χ0v) is 10.7. The molecular formula is C13H13BrN2. The number of nitrogens with one attached hydrogen (secondary N) is 1. The smallest absolute Gasteiger partial charge is 0.0460 e. The molecule has 1 aliphatic rings. The van der Waals surface area contributed by atoms with Gasteiger partial charge in [-0.15, -0.1) is 0 Å². The fraction of sp³-hybridized carbons (Fsp3) is 0.231. The lowest BCUT2D eigenvalue weighted by Gasteiger charge is -2.06. The van der Waals surface area contributed by atoms with Crippen LogP contribution in [0.1, 0.15) is 5.56 Å². The van der Waals surface area contributed by atoms with Gasteiger partial charge in [0.05, 0.1) is 0 Å². The molecule has 0 saturated carbocycles. The van der Waals surface area contributed by atoms with Crippen molar-refractivity contribution in [3.05, 3.63) is 40.5 Å². The molecule has 2 heterocycles. The van der Waals surface area contributed by atoms with Crippen LogP contribution in [0.5, 0.6) is 0 Å². The van der Waals surface area contributed by atoms with Crippen molar-refractivity contribution in [3.8, 4) is 0 Å². The Bertz CT molecular complexity index is 568. The van der Waals surface area contributed by atoms with E-state index in [9.17, 15) is 0 Å². The van der Waals surface area contributed by atoms with Gasteiger partial charge in [-0.05, 0) is 18.7 Å². The van der Waals surface area contributed by atoms with Gasteiger partial charge in [0.1, 0.15) is 0 Å². The lowest BCUT2D eigenvalue weighted by atomic mass is 10.1. The van der Waals surface area contributed by atoms with Gasteiger partial charge in [-0.1, -0.05) is 34.1 Å². The number of halogens is 1. The van der Waals surface area contributed by atoms with Crippen LogP contribution >= 0.6 is 15.9 Å². The van der Waals surface area contributed by atoms with E-state index in [1.165, 1.54) is 26.5 Å². The molecular weight excluding hydrogens is 264 g/mol. The number of benzene rings is 1. The van der Waals surface area contributed by atoms with Gasteiger partial charge in [0.2, 0.25) is 0 Å². The van der Waals surface area contributed by atoms with Gasteiger partial charge in [-0.2, -0.15) is 0 Å². The van der Waals surface area contributed by atoms with Gasteiger partial charge in [0.25, 0.3) is 0 Å². The first-order valence-electron chi connectivity index (χ1n) is 5.38. The van der Waals surface area contributed by atoms with E-state index in [-0.39, 0.29) is 0 Å². The summed E-state index contributed by atoms with van der Waals surface area (Å²) in [7, 11) is 2.14. The maximum atomic E-state index is 3.68. The highest BCUT2D eigenvalue weighted by molar-refractivity contribution is 9.11. The van der Waals surface area contributed by atoms with Gasteiger partial charge in [-0.25, -0.2) is 0 Å². The highest BCUT2D eigenvalue weighted by Crippen LogP contribution is 2.33. The molecule has 3 rings (SSSR count). The summed E-state index contributed by atoms with van der Waals surface area (Å²) in [6, 6.07) is 8.44. The number of nitrogens with zero attached hydrogens (tertiary/aromatic N) is 1. The number of likely N-dealkylation sites (N-methyl/N-ethyl adjacent to an activating group) is 1. The third kappa shape index (κ3) is 1.51. The molecule has 1 N–H and O–H groups in total. The summed E-state index contributed by atoms with van der Waals surface area (Å²) < 4.78 is 1.31. The van der Waals surface area contributed by atoms with Crippen molar-refractivity contribution in [2.24, 2.45) is 0 Å². The summed E-state index contributed by atoms with van der Waals surface area (Å²) in [6.07, 6.45) is 2.11. The second-order valence-electron chi connectivity index (χ2n) is 4.30. The van der Waals surface area contributed by atoms with Crippen LogP contribution in [0.3, 0.4) is 0 Å². The monoisotopic (exact) mass is 276 g/mol. The van der Waals surface area contributed by atoms with Gasteiger partial charge in [-0.3, -0.25) is 4.90 Å². The molecule has 0 aliphatic carbocycles. The van der Waals surface area contributed by atoms with E-state index in [0.717, 1.165) is 13.1 Å². The molecule has 0 amide bonds. The fourth-order valence-electron chi connectivity index (χ4n) is 2.30. The maximum absolute atomic E-state index is 3.68. The summed E-state index contributed by atoms with van der Waals surface area (Å²) in [5, 5.41) is 1.31. The standard InChI is InChI=1S/C13H13BrN2/c1-16-7-11(12(14)8-16)10-6-15-13-5-3-2-4-9(10)13/h2-6,15H,7-8H2,1H3. The highest BCUT2D eigenvalue weighted by Gasteiger charge is 2.20. The van der Waals surface area contributed by atoms with E-state index in [1.807, 2.05) is 0 Å². The largest absolute Gasteiger partial charge is 0.361 e. The predicted octanol–water partition coefficient (Wildman–Crippen LogP) is 3.22. The topological polar surface area (TPSA) is 19.0 Å². The normalized spacial score (nSPS) is 17.6. The molecule has 1 aliphatic heterocycles. The van der Waals surface area contributed by atoms with Crippen molar-refractivity contribution in [2.45, 2.75) is 0 Å². The zero-order chi connectivity index (χ0) is 11.1. The van der Waals surface area contributed by atoms with E-state index in [0.29, 0.717) is 0 Å². The predicted molar refractivity (Wildman–Crippen MR) is 71.6 cm³/mol. The zero-order valence-electron chi connectivity index (χ0n) is 9.13. The van der Waals surface area contributed by atoms with Crippen LogP contribution in [0.25, 0.3) is 16.5 Å². The number of hydrogen-bond donors (Lipinski definition) is 1. The molecule has 0 unspecified atom stereocenters. The Labute approximate surface area is 103 Å². The number of H-pyrrole nitrogens is 1. The summed E-state index contributed by atoms with van der Waals surface area (Å²) in [5.74, 6) is 0. The first-order valence-corrected chi connectivity index (χ1v) is 6.17. The quantitative estimate of drug-likeness (QED) is 0.848.